The van der Waals surface area contributed by atoms with Gasteiger partial charge in [-0.05, 0) is 43.0 Å². The molecule has 1 saturated heterocycles. The lowest BCUT2D eigenvalue weighted by Gasteiger charge is -2.42. The SMILES string of the molecule is C[C@H]([C@@H](O)c1ccc(O)cc1)N1CCC(O)(Cc2ccccc2)CC1. The first-order chi connectivity index (χ1) is 12.0. The summed E-state index contributed by atoms with van der Waals surface area (Å²) in [6.45, 7) is 3.54. The van der Waals surface area contributed by atoms with Crippen LogP contribution in [0.1, 0.15) is 37.0 Å². The highest BCUT2D eigenvalue weighted by Gasteiger charge is 2.35. The predicted octanol–water partition coefficient (Wildman–Crippen LogP) is 2.88. The Morgan fingerprint density at radius 2 is 1.60 bits per heavy atom. The summed E-state index contributed by atoms with van der Waals surface area (Å²) in [7, 11) is 0. The predicted molar refractivity (Wildman–Crippen MR) is 98.4 cm³/mol. The van der Waals surface area contributed by atoms with Crippen LogP contribution >= 0.6 is 0 Å². The molecule has 2 aromatic rings. The van der Waals surface area contributed by atoms with Gasteiger partial charge in [0, 0.05) is 25.6 Å². The summed E-state index contributed by atoms with van der Waals surface area (Å²) < 4.78 is 0. The van der Waals surface area contributed by atoms with Crippen molar-refractivity contribution in [1.82, 2.24) is 4.90 Å². The second-order valence-corrected chi connectivity index (χ2v) is 7.20. The van der Waals surface area contributed by atoms with E-state index >= 15 is 0 Å². The minimum Gasteiger partial charge on any atom is -0.508 e. The van der Waals surface area contributed by atoms with Crippen molar-refractivity contribution in [3.05, 3.63) is 65.7 Å². The van der Waals surface area contributed by atoms with Crippen LogP contribution in [-0.2, 0) is 6.42 Å². The molecule has 25 heavy (non-hydrogen) atoms. The van der Waals surface area contributed by atoms with E-state index in [-0.39, 0.29) is 11.8 Å². The lowest BCUT2D eigenvalue weighted by atomic mass is 9.84. The number of aliphatic hydroxyl groups is 2. The smallest absolute Gasteiger partial charge is 0.115 e. The highest BCUT2D eigenvalue weighted by molar-refractivity contribution is 5.28. The molecule has 0 unspecified atom stereocenters. The zero-order valence-electron chi connectivity index (χ0n) is 14.7. The number of hydrogen-bond donors (Lipinski definition) is 3. The third-order valence-corrected chi connectivity index (χ3v) is 5.37. The van der Waals surface area contributed by atoms with E-state index in [0.717, 1.165) is 24.2 Å². The van der Waals surface area contributed by atoms with E-state index in [0.29, 0.717) is 19.3 Å². The standard InChI is InChI=1S/C21H27NO3/c1-16(20(24)18-7-9-19(23)10-8-18)22-13-11-21(25,12-14-22)15-17-5-3-2-4-6-17/h2-10,16,20,23-25H,11-15H2,1H3/t16-,20-/m1/s1. The molecule has 1 aliphatic rings. The third-order valence-electron chi connectivity index (χ3n) is 5.37. The van der Waals surface area contributed by atoms with Crippen LogP contribution < -0.4 is 0 Å². The molecule has 0 bridgehead atoms. The summed E-state index contributed by atoms with van der Waals surface area (Å²) in [6, 6.07) is 16.8. The summed E-state index contributed by atoms with van der Waals surface area (Å²) in [6.07, 6.45) is 1.47. The molecule has 1 aliphatic heterocycles. The largest absolute Gasteiger partial charge is 0.508 e. The topological polar surface area (TPSA) is 63.9 Å². The molecule has 0 aliphatic carbocycles. The van der Waals surface area contributed by atoms with Gasteiger partial charge in [0.2, 0.25) is 0 Å². The Labute approximate surface area is 149 Å². The number of rotatable bonds is 5. The summed E-state index contributed by atoms with van der Waals surface area (Å²) in [5.41, 5.74) is 1.30. The van der Waals surface area contributed by atoms with Crippen molar-refractivity contribution in [2.75, 3.05) is 13.1 Å². The summed E-state index contributed by atoms with van der Waals surface area (Å²) >= 11 is 0. The Bertz CT molecular complexity index is 663. The molecule has 0 saturated carbocycles. The fourth-order valence-corrected chi connectivity index (χ4v) is 3.65. The van der Waals surface area contributed by atoms with Gasteiger partial charge in [0.25, 0.3) is 0 Å². The lowest BCUT2D eigenvalue weighted by molar-refractivity contribution is -0.0456. The molecule has 0 spiro atoms. The van der Waals surface area contributed by atoms with Gasteiger partial charge in [-0.15, -0.1) is 0 Å². The van der Waals surface area contributed by atoms with Gasteiger partial charge in [-0.2, -0.15) is 0 Å². The molecular formula is C21H27NO3. The maximum absolute atomic E-state index is 10.9. The van der Waals surface area contributed by atoms with E-state index in [9.17, 15) is 15.3 Å². The number of likely N-dealkylation sites (tertiary alicyclic amines) is 1. The van der Waals surface area contributed by atoms with Crippen LogP contribution in [0.2, 0.25) is 0 Å². The van der Waals surface area contributed by atoms with E-state index in [1.54, 1.807) is 24.3 Å². The Morgan fingerprint density at radius 1 is 1.00 bits per heavy atom. The van der Waals surface area contributed by atoms with Crippen LogP contribution in [0.25, 0.3) is 0 Å². The molecule has 1 fully saturated rings. The second-order valence-electron chi connectivity index (χ2n) is 7.20. The van der Waals surface area contributed by atoms with E-state index < -0.39 is 11.7 Å². The fourth-order valence-electron chi connectivity index (χ4n) is 3.65. The normalized spacial score (nSPS) is 20.1. The number of piperidine rings is 1. The van der Waals surface area contributed by atoms with Crippen LogP contribution in [0.5, 0.6) is 5.75 Å². The molecule has 2 atom stereocenters. The highest BCUT2D eigenvalue weighted by atomic mass is 16.3. The number of benzene rings is 2. The number of phenolic OH excluding ortho intramolecular Hbond substituents is 1. The third kappa shape index (κ3) is 4.40. The summed E-state index contributed by atoms with van der Waals surface area (Å²) in [4.78, 5) is 2.23. The Hall–Kier alpha value is -1.88. The van der Waals surface area contributed by atoms with Crippen LogP contribution in [0.15, 0.2) is 54.6 Å². The van der Waals surface area contributed by atoms with Gasteiger partial charge in [-0.1, -0.05) is 42.5 Å². The van der Waals surface area contributed by atoms with Gasteiger partial charge in [-0.25, -0.2) is 0 Å². The Morgan fingerprint density at radius 3 is 2.20 bits per heavy atom. The minimum absolute atomic E-state index is 0.0363. The highest BCUT2D eigenvalue weighted by Crippen LogP contribution is 2.30. The van der Waals surface area contributed by atoms with Crippen molar-refractivity contribution in [3.63, 3.8) is 0 Å². The Kier molecular flexibility index (Phi) is 5.42. The number of hydrogen-bond acceptors (Lipinski definition) is 4. The number of aliphatic hydroxyl groups excluding tert-OH is 1. The molecule has 3 rings (SSSR count). The van der Waals surface area contributed by atoms with Gasteiger partial charge < -0.3 is 15.3 Å². The number of nitrogens with zero attached hydrogens (tertiary/aromatic N) is 1. The number of phenols is 1. The van der Waals surface area contributed by atoms with E-state index in [1.807, 2.05) is 25.1 Å². The number of aromatic hydroxyl groups is 1. The van der Waals surface area contributed by atoms with E-state index in [2.05, 4.69) is 17.0 Å². The second kappa shape index (κ2) is 7.56. The molecule has 2 aromatic carbocycles. The van der Waals surface area contributed by atoms with Gasteiger partial charge in [0.1, 0.15) is 5.75 Å². The lowest BCUT2D eigenvalue weighted by Crippen LogP contribution is -2.49. The molecule has 0 aromatic heterocycles. The first-order valence-corrected chi connectivity index (χ1v) is 8.94. The maximum Gasteiger partial charge on any atom is 0.115 e. The van der Waals surface area contributed by atoms with Crippen molar-refractivity contribution < 1.29 is 15.3 Å². The average molecular weight is 341 g/mol. The quantitative estimate of drug-likeness (QED) is 0.782. The van der Waals surface area contributed by atoms with Crippen molar-refractivity contribution in [3.8, 4) is 5.75 Å². The first-order valence-electron chi connectivity index (χ1n) is 8.94. The maximum atomic E-state index is 10.9. The molecule has 0 radical (unpaired) electrons. The van der Waals surface area contributed by atoms with Crippen LogP contribution in [0.3, 0.4) is 0 Å². The molecular weight excluding hydrogens is 314 g/mol. The molecule has 3 N–H and O–H groups in total. The molecule has 1 heterocycles. The fraction of sp³-hybridized carbons (Fsp3) is 0.429. The first kappa shape index (κ1) is 17.9. The van der Waals surface area contributed by atoms with Crippen molar-refractivity contribution in [2.24, 2.45) is 0 Å². The molecule has 4 nitrogen and oxygen atoms in total. The molecule has 4 heteroatoms. The van der Waals surface area contributed by atoms with Crippen LogP contribution in [0, 0.1) is 0 Å². The van der Waals surface area contributed by atoms with Gasteiger partial charge in [-0.3, -0.25) is 4.90 Å². The van der Waals surface area contributed by atoms with Crippen LogP contribution in [0.4, 0.5) is 0 Å². The molecule has 134 valence electrons. The van der Waals surface area contributed by atoms with E-state index in [1.165, 1.54) is 0 Å². The van der Waals surface area contributed by atoms with Gasteiger partial charge in [0.15, 0.2) is 0 Å². The van der Waals surface area contributed by atoms with Crippen molar-refractivity contribution in [2.45, 2.75) is 43.9 Å². The van der Waals surface area contributed by atoms with Gasteiger partial charge >= 0.3 is 0 Å². The minimum atomic E-state index is -0.666. The summed E-state index contributed by atoms with van der Waals surface area (Å²) in [5, 5.41) is 30.9. The van der Waals surface area contributed by atoms with E-state index in [4.69, 9.17) is 0 Å². The zero-order chi connectivity index (χ0) is 17.9. The molecule has 0 amide bonds. The Balaban J connectivity index is 1.58. The zero-order valence-corrected chi connectivity index (χ0v) is 14.7. The monoisotopic (exact) mass is 341 g/mol. The van der Waals surface area contributed by atoms with Crippen molar-refractivity contribution >= 4 is 0 Å². The van der Waals surface area contributed by atoms with Crippen molar-refractivity contribution in [1.29, 1.82) is 0 Å². The average Bonchev–Trinajstić information content (AvgIpc) is 2.62. The van der Waals surface area contributed by atoms with Crippen LogP contribution in [-0.4, -0.2) is 45.0 Å². The van der Waals surface area contributed by atoms with Gasteiger partial charge in [0.05, 0.1) is 11.7 Å². The summed E-state index contributed by atoms with van der Waals surface area (Å²) in [5.74, 6) is 0.201.